The summed E-state index contributed by atoms with van der Waals surface area (Å²) in [6.45, 7) is 6.26. The number of ether oxygens (including phenoxy) is 1. The van der Waals surface area contributed by atoms with Crippen LogP contribution in [0.2, 0.25) is 0 Å². The van der Waals surface area contributed by atoms with Gasteiger partial charge in [-0.15, -0.1) is 0 Å². The number of nitrogens with two attached hydrogens (primary N) is 1. The third kappa shape index (κ3) is 2.18. The van der Waals surface area contributed by atoms with E-state index in [1.807, 2.05) is 20.8 Å². The summed E-state index contributed by atoms with van der Waals surface area (Å²) < 4.78 is 5.00. The molecule has 4 nitrogen and oxygen atoms in total. The fourth-order valence-corrected chi connectivity index (χ4v) is 1.97. The Balaban J connectivity index is 2.66. The predicted molar refractivity (Wildman–Crippen MR) is 55.0 cm³/mol. The topological polar surface area (TPSA) is 55.6 Å². The molecule has 0 aromatic rings. The van der Waals surface area contributed by atoms with Crippen LogP contribution in [0.1, 0.15) is 33.6 Å². The highest BCUT2D eigenvalue weighted by molar-refractivity contribution is 5.68. The van der Waals surface area contributed by atoms with E-state index in [9.17, 15) is 4.79 Å². The minimum Gasteiger partial charge on any atom is -0.450 e. The Morgan fingerprint density at radius 2 is 2.14 bits per heavy atom. The first kappa shape index (κ1) is 11.3. The summed E-state index contributed by atoms with van der Waals surface area (Å²) in [7, 11) is 0. The minimum absolute atomic E-state index is 0.0793. The maximum Gasteiger partial charge on any atom is 0.410 e. The monoisotopic (exact) mass is 200 g/mol. The molecule has 1 aliphatic rings. The lowest BCUT2D eigenvalue weighted by Crippen LogP contribution is -2.56. The first-order valence-electron chi connectivity index (χ1n) is 5.28. The number of carbonyl (C=O) groups excluding carboxylic acids is 1. The zero-order valence-electron chi connectivity index (χ0n) is 9.19. The standard InChI is InChI=1S/C10H20N2O2/c1-4-14-10(13)12-7(2)5-6-9(11)8(12)3/h7-9H,4-6,11H2,1-3H3. The first-order valence-corrected chi connectivity index (χ1v) is 5.28. The number of likely N-dealkylation sites (tertiary alicyclic amines) is 1. The van der Waals surface area contributed by atoms with Gasteiger partial charge in [0.2, 0.25) is 0 Å². The van der Waals surface area contributed by atoms with Crippen molar-refractivity contribution in [3.63, 3.8) is 0 Å². The molecule has 0 radical (unpaired) electrons. The Kier molecular flexibility index (Phi) is 3.75. The van der Waals surface area contributed by atoms with Gasteiger partial charge in [0, 0.05) is 18.1 Å². The molecule has 0 aromatic heterocycles. The van der Waals surface area contributed by atoms with Crippen LogP contribution in [-0.4, -0.2) is 35.7 Å². The fraction of sp³-hybridized carbons (Fsp3) is 0.900. The van der Waals surface area contributed by atoms with Crippen molar-refractivity contribution in [2.45, 2.75) is 51.7 Å². The second kappa shape index (κ2) is 4.64. The molecule has 4 heteroatoms. The molecule has 0 bridgehead atoms. The van der Waals surface area contributed by atoms with E-state index < -0.39 is 0 Å². The van der Waals surface area contributed by atoms with Gasteiger partial charge in [0.1, 0.15) is 0 Å². The Morgan fingerprint density at radius 3 is 2.71 bits per heavy atom. The van der Waals surface area contributed by atoms with Crippen molar-refractivity contribution in [2.75, 3.05) is 6.61 Å². The van der Waals surface area contributed by atoms with Crippen LogP contribution in [0.15, 0.2) is 0 Å². The quantitative estimate of drug-likeness (QED) is 0.695. The van der Waals surface area contributed by atoms with Crippen LogP contribution >= 0.6 is 0 Å². The van der Waals surface area contributed by atoms with E-state index in [0.29, 0.717) is 6.61 Å². The van der Waals surface area contributed by atoms with Crippen molar-refractivity contribution in [1.29, 1.82) is 0 Å². The van der Waals surface area contributed by atoms with Gasteiger partial charge in [-0.25, -0.2) is 4.79 Å². The number of carbonyl (C=O) groups is 1. The molecule has 3 atom stereocenters. The second-order valence-electron chi connectivity index (χ2n) is 3.94. The molecule has 0 aromatic carbocycles. The van der Waals surface area contributed by atoms with E-state index in [-0.39, 0.29) is 24.2 Å². The van der Waals surface area contributed by atoms with Crippen molar-refractivity contribution >= 4 is 6.09 Å². The normalized spacial score (nSPS) is 32.9. The number of rotatable bonds is 1. The number of hydrogen-bond acceptors (Lipinski definition) is 3. The van der Waals surface area contributed by atoms with Crippen molar-refractivity contribution in [2.24, 2.45) is 5.73 Å². The molecule has 0 aliphatic carbocycles. The molecular weight excluding hydrogens is 180 g/mol. The summed E-state index contributed by atoms with van der Waals surface area (Å²) in [6, 6.07) is 0.400. The smallest absolute Gasteiger partial charge is 0.410 e. The lowest BCUT2D eigenvalue weighted by atomic mass is 9.94. The average Bonchev–Trinajstić information content (AvgIpc) is 2.13. The van der Waals surface area contributed by atoms with Crippen LogP contribution in [0.4, 0.5) is 4.79 Å². The Labute approximate surface area is 85.4 Å². The number of amides is 1. The molecule has 82 valence electrons. The van der Waals surface area contributed by atoms with E-state index in [4.69, 9.17) is 10.5 Å². The van der Waals surface area contributed by atoms with Crippen LogP contribution in [0.3, 0.4) is 0 Å². The van der Waals surface area contributed by atoms with Crippen LogP contribution < -0.4 is 5.73 Å². The van der Waals surface area contributed by atoms with Crippen LogP contribution in [0, 0.1) is 0 Å². The van der Waals surface area contributed by atoms with E-state index in [0.717, 1.165) is 12.8 Å². The molecule has 1 rings (SSSR count). The number of piperidine rings is 1. The van der Waals surface area contributed by atoms with E-state index in [1.54, 1.807) is 4.90 Å². The molecule has 1 fully saturated rings. The highest BCUT2D eigenvalue weighted by atomic mass is 16.6. The van der Waals surface area contributed by atoms with Gasteiger partial charge < -0.3 is 15.4 Å². The molecule has 1 heterocycles. The summed E-state index contributed by atoms with van der Waals surface area (Å²) in [4.78, 5) is 13.4. The maximum absolute atomic E-state index is 11.6. The Bertz CT molecular complexity index is 208. The molecule has 3 unspecified atom stereocenters. The summed E-state index contributed by atoms with van der Waals surface area (Å²) in [5, 5.41) is 0. The van der Waals surface area contributed by atoms with Gasteiger partial charge in [-0.05, 0) is 33.6 Å². The van der Waals surface area contributed by atoms with Crippen molar-refractivity contribution in [1.82, 2.24) is 4.90 Å². The SMILES string of the molecule is CCOC(=O)N1C(C)CCC(N)C1C. The van der Waals surface area contributed by atoms with Crippen molar-refractivity contribution in [3.05, 3.63) is 0 Å². The van der Waals surface area contributed by atoms with Gasteiger partial charge >= 0.3 is 6.09 Å². The molecule has 1 amide bonds. The average molecular weight is 200 g/mol. The number of hydrogen-bond donors (Lipinski definition) is 1. The van der Waals surface area contributed by atoms with Crippen LogP contribution in [-0.2, 0) is 4.74 Å². The Hall–Kier alpha value is -0.770. The van der Waals surface area contributed by atoms with Crippen molar-refractivity contribution < 1.29 is 9.53 Å². The summed E-state index contributed by atoms with van der Waals surface area (Å²) in [5.74, 6) is 0. The summed E-state index contributed by atoms with van der Waals surface area (Å²) in [6.07, 6.45) is 1.71. The van der Waals surface area contributed by atoms with Gasteiger partial charge in [-0.3, -0.25) is 0 Å². The van der Waals surface area contributed by atoms with E-state index in [2.05, 4.69) is 0 Å². The van der Waals surface area contributed by atoms with Gasteiger partial charge in [0.25, 0.3) is 0 Å². The molecule has 0 saturated carbocycles. The van der Waals surface area contributed by atoms with Gasteiger partial charge in [0.05, 0.1) is 6.61 Å². The van der Waals surface area contributed by atoms with Crippen LogP contribution in [0.5, 0.6) is 0 Å². The zero-order valence-corrected chi connectivity index (χ0v) is 9.19. The van der Waals surface area contributed by atoms with Crippen molar-refractivity contribution in [3.8, 4) is 0 Å². The fourth-order valence-electron chi connectivity index (χ4n) is 1.97. The molecule has 1 aliphatic heterocycles. The highest BCUT2D eigenvalue weighted by Crippen LogP contribution is 2.22. The lowest BCUT2D eigenvalue weighted by Gasteiger charge is -2.41. The maximum atomic E-state index is 11.6. The molecule has 2 N–H and O–H groups in total. The van der Waals surface area contributed by atoms with Gasteiger partial charge in [-0.1, -0.05) is 0 Å². The third-order valence-corrected chi connectivity index (χ3v) is 2.93. The van der Waals surface area contributed by atoms with Gasteiger partial charge in [0.15, 0.2) is 0 Å². The summed E-state index contributed by atoms with van der Waals surface area (Å²) in [5.41, 5.74) is 5.92. The Morgan fingerprint density at radius 1 is 1.50 bits per heavy atom. The molecule has 14 heavy (non-hydrogen) atoms. The van der Waals surface area contributed by atoms with E-state index in [1.165, 1.54) is 0 Å². The third-order valence-electron chi connectivity index (χ3n) is 2.93. The molecular formula is C10H20N2O2. The zero-order chi connectivity index (χ0) is 10.7. The van der Waals surface area contributed by atoms with Crippen LogP contribution in [0.25, 0.3) is 0 Å². The lowest BCUT2D eigenvalue weighted by molar-refractivity contribution is 0.0513. The molecule has 1 saturated heterocycles. The summed E-state index contributed by atoms with van der Waals surface area (Å²) >= 11 is 0. The highest BCUT2D eigenvalue weighted by Gasteiger charge is 2.34. The van der Waals surface area contributed by atoms with E-state index >= 15 is 0 Å². The number of nitrogens with zero attached hydrogens (tertiary/aromatic N) is 1. The predicted octanol–water partition coefficient (Wildman–Crippen LogP) is 1.34. The largest absolute Gasteiger partial charge is 0.450 e. The van der Waals surface area contributed by atoms with Gasteiger partial charge in [-0.2, -0.15) is 0 Å². The first-order chi connectivity index (χ1) is 6.57. The minimum atomic E-state index is -0.234. The second-order valence-corrected chi connectivity index (χ2v) is 3.94. The molecule has 0 spiro atoms.